The highest BCUT2D eigenvalue weighted by molar-refractivity contribution is 7.89. The highest BCUT2D eigenvalue weighted by Crippen LogP contribution is 2.18. The van der Waals surface area contributed by atoms with Crippen LogP contribution >= 0.6 is 24.0 Å². The summed E-state index contributed by atoms with van der Waals surface area (Å²) in [6.07, 6.45) is 1.98. The highest BCUT2D eigenvalue weighted by atomic mass is 35.5. The number of sulfonamides is 1. The van der Waals surface area contributed by atoms with Crippen LogP contribution in [0.5, 0.6) is 0 Å². The van der Waals surface area contributed by atoms with E-state index in [1.165, 1.54) is 6.07 Å². The van der Waals surface area contributed by atoms with Gasteiger partial charge in [-0.2, -0.15) is 0 Å². The molecule has 108 valence electrons. The van der Waals surface area contributed by atoms with Crippen LogP contribution in [0.15, 0.2) is 23.1 Å². The Hall–Kier alpha value is -0.400. The Balaban J connectivity index is 0.00000180. The molecule has 1 atom stereocenters. The Morgan fingerprint density at radius 1 is 1.42 bits per heavy atom. The van der Waals surface area contributed by atoms with Gasteiger partial charge in [0.25, 0.3) is 0 Å². The summed E-state index contributed by atoms with van der Waals surface area (Å²) >= 11 is 5.64. The van der Waals surface area contributed by atoms with Crippen molar-refractivity contribution in [2.75, 3.05) is 13.1 Å². The molecule has 0 amide bonds. The normalized spacial score (nSPS) is 19.2. The van der Waals surface area contributed by atoms with Crippen LogP contribution in [0.1, 0.15) is 12.8 Å². The summed E-state index contributed by atoms with van der Waals surface area (Å²) in [5.41, 5.74) is 0. The first-order chi connectivity index (χ1) is 8.47. The second kappa shape index (κ2) is 6.85. The molecular weight excluding hydrogens is 314 g/mol. The number of hydrogen-bond acceptors (Lipinski definition) is 3. The molecule has 19 heavy (non-hydrogen) atoms. The minimum Gasteiger partial charge on any atom is -0.313 e. The van der Waals surface area contributed by atoms with E-state index in [2.05, 4.69) is 10.0 Å². The molecule has 1 aliphatic heterocycles. The standard InChI is InChI=1S/C11H14ClFN2O2S.ClH/c12-8-4-9(13)6-11(5-8)18(16,17)15-7-10-2-1-3-14-10;/h4-6,10,14-15H,1-3,7H2;1H. The topological polar surface area (TPSA) is 58.2 Å². The van der Waals surface area contributed by atoms with E-state index < -0.39 is 15.8 Å². The zero-order valence-electron chi connectivity index (χ0n) is 10.0. The largest absolute Gasteiger partial charge is 0.313 e. The summed E-state index contributed by atoms with van der Waals surface area (Å²) in [7, 11) is -3.71. The van der Waals surface area contributed by atoms with Gasteiger partial charge in [-0.15, -0.1) is 12.4 Å². The van der Waals surface area contributed by atoms with Gasteiger partial charge in [0.1, 0.15) is 5.82 Å². The molecule has 2 rings (SSSR count). The second-order valence-electron chi connectivity index (χ2n) is 4.25. The number of nitrogens with one attached hydrogen (secondary N) is 2. The fourth-order valence-electron chi connectivity index (χ4n) is 1.91. The molecule has 1 fully saturated rings. The average molecular weight is 329 g/mol. The number of rotatable bonds is 4. The first kappa shape index (κ1) is 16.7. The predicted molar refractivity (Wildman–Crippen MR) is 74.9 cm³/mol. The summed E-state index contributed by atoms with van der Waals surface area (Å²) < 4.78 is 39.4. The number of halogens is 3. The molecule has 4 nitrogen and oxygen atoms in total. The minimum atomic E-state index is -3.71. The van der Waals surface area contributed by atoms with Crippen LogP contribution in [0.4, 0.5) is 4.39 Å². The van der Waals surface area contributed by atoms with Gasteiger partial charge in [0, 0.05) is 17.6 Å². The van der Waals surface area contributed by atoms with Gasteiger partial charge in [-0.3, -0.25) is 0 Å². The van der Waals surface area contributed by atoms with E-state index in [0.29, 0.717) is 6.54 Å². The lowest BCUT2D eigenvalue weighted by molar-refractivity contribution is 0.550. The Labute approximate surface area is 123 Å². The van der Waals surface area contributed by atoms with E-state index in [0.717, 1.165) is 31.5 Å². The smallest absolute Gasteiger partial charge is 0.240 e. The fraction of sp³-hybridized carbons (Fsp3) is 0.455. The van der Waals surface area contributed by atoms with Crippen molar-refractivity contribution < 1.29 is 12.8 Å². The number of hydrogen-bond donors (Lipinski definition) is 2. The summed E-state index contributed by atoms with van der Waals surface area (Å²) in [5.74, 6) is -0.665. The maximum atomic E-state index is 13.1. The van der Waals surface area contributed by atoms with Gasteiger partial charge >= 0.3 is 0 Å². The molecule has 1 unspecified atom stereocenters. The second-order valence-corrected chi connectivity index (χ2v) is 6.45. The molecule has 2 N–H and O–H groups in total. The maximum Gasteiger partial charge on any atom is 0.240 e. The monoisotopic (exact) mass is 328 g/mol. The molecule has 0 spiro atoms. The molecule has 1 aromatic carbocycles. The van der Waals surface area contributed by atoms with Gasteiger partial charge in [0.05, 0.1) is 4.90 Å². The minimum absolute atomic E-state index is 0. The van der Waals surface area contributed by atoms with Gasteiger partial charge in [-0.05, 0) is 37.6 Å². The zero-order chi connectivity index (χ0) is 13.2. The van der Waals surface area contributed by atoms with Crippen molar-refractivity contribution in [3.63, 3.8) is 0 Å². The van der Waals surface area contributed by atoms with Crippen molar-refractivity contribution in [3.8, 4) is 0 Å². The quantitative estimate of drug-likeness (QED) is 0.887. The summed E-state index contributed by atoms with van der Waals surface area (Å²) in [6, 6.07) is 3.40. The summed E-state index contributed by atoms with van der Waals surface area (Å²) in [4.78, 5) is -0.148. The molecule has 0 saturated carbocycles. The van der Waals surface area contributed by atoms with Crippen molar-refractivity contribution in [2.24, 2.45) is 0 Å². The van der Waals surface area contributed by atoms with E-state index in [4.69, 9.17) is 11.6 Å². The van der Waals surface area contributed by atoms with Crippen LogP contribution in [0.25, 0.3) is 0 Å². The van der Waals surface area contributed by atoms with E-state index >= 15 is 0 Å². The average Bonchev–Trinajstić information content (AvgIpc) is 2.78. The van der Waals surface area contributed by atoms with E-state index in [1.807, 2.05) is 0 Å². The van der Waals surface area contributed by atoms with E-state index in [-0.39, 0.29) is 28.4 Å². The molecule has 1 saturated heterocycles. The van der Waals surface area contributed by atoms with Crippen molar-refractivity contribution in [2.45, 2.75) is 23.8 Å². The Morgan fingerprint density at radius 3 is 2.74 bits per heavy atom. The fourth-order valence-corrected chi connectivity index (χ4v) is 3.33. The van der Waals surface area contributed by atoms with E-state index in [9.17, 15) is 12.8 Å². The molecule has 0 radical (unpaired) electrons. The number of benzene rings is 1. The Bertz CT molecular complexity index is 513. The summed E-state index contributed by atoms with van der Waals surface area (Å²) in [5, 5.41) is 3.24. The maximum absolute atomic E-state index is 13.1. The van der Waals surface area contributed by atoms with Gasteiger partial charge in [-0.1, -0.05) is 11.6 Å². The first-order valence-corrected chi connectivity index (χ1v) is 7.53. The lowest BCUT2D eigenvalue weighted by atomic mass is 10.2. The lowest BCUT2D eigenvalue weighted by Crippen LogP contribution is -2.37. The molecule has 1 heterocycles. The molecule has 8 heteroatoms. The van der Waals surface area contributed by atoms with Crippen LogP contribution in [0.3, 0.4) is 0 Å². The third-order valence-corrected chi connectivity index (χ3v) is 4.45. The van der Waals surface area contributed by atoms with Gasteiger partial charge < -0.3 is 5.32 Å². The van der Waals surface area contributed by atoms with Gasteiger partial charge in [0.15, 0.2) is 0 Å². The van der Waals surface area contributed by atoms with Crippen LogP contribution in [0.2, 0.25) is 5.02 Å². The van der Waals surface area contributed by atoms with Gasteiger partial charge in [0.2, 0.25) is 10.0 Å². The Morgan fingerprint density at radius 2 is 2.16 bits per heavy atom. The first-order valence-electron chi connectivity index (χ1n) is 5.66. The van der Waals surface area contributed by atoms with Crippen molar-refractivity contribution in [3.05, 3.63) is 29.0 Å². The summed E-state index contributed by atoms with van der Waals surface area (Å²) in [6.45, 7) is 1.20. The van der Waals surface area contributed by atoms with Crippen LogP contribution in [0, 0.1) is 5.82 Å². The highest BCUT2D eigenvalue weighted by Gasteiger charge is 2.20. The zero-order valence-corrected chi connectivity index (χ0v) is 12.4. The van der Waals surface area contributed by atoms with Crippen molar-refractivity contribution in [1.82, 2.24) is 10.0 Å². The third-order valence-electron chi connectivity index (χ3n) is 2.83. The molecule has 1 aromatic rings. The SMILES string of the molecule is Cl.O=S(=O)(NCC1CCCN1)c1cc(F)cc(Cl)c1. The van der Waals surface area contributed by atoms with Crippen LogP contribution in [-0.4, -0.2) is 27.5 Å². The molecule has 0 aliphatic carbocycles. The lowest BCUT2D eigenvalue weighted by Gasteiger charge is -2.12. The molecular formula is C11H15Cl2FN2O2S. The van der Waals surface area contributed by atoms with Crippen molar-refractivity contribution >= 4 is 34.0 Å². The van der Waals surface area contributed by atoms with Gasteiger partial charge in [-0.25, -0.2) is 17.5 Å². The molecule has 0 bridgehead atoms. The third kappa shape index (κ3) is 4.57. The molecule has 0 aromatic heterocycles. The van der Waals surface area contributed by atoms with Crippen molar-refractivity contribution in [1.29, 1.82) is 0 Å². The van der Waals surface area contributed by atoms with Crippen LogP contribution in [-0.2, 0) is 10.0 Å². The predicted octanol–water partition coefficient (Wildman–Crippen LogP) is 1.93. The van der Waals surface area contributed by atoms with Crippen LogP contribution < -0.4 is 10.0 Å². The van der Waals surface area contributed by atoms with E-state index in [1.54, 1.807) is 0 Å². The molecule has 1 aliphatic rings. The Kier molecular flexibility index (Phi) is 6.01.